The van der Waals surface area contributed by atoms with Crippen molar-refractivity contribution in [1.82, 2.24) is 10.2 Å². The summed E-state index contributed by atoms with van der Waals surface area (Å²) in [7, 11) is 0. The summed E-state index contributed by atoms with van der Waals surface area (Å²) in [5.41, 5.74) is 0. The molecule has 0 aromatic heterocycles. The fraction of sp³-hybridized carbons (Fsp3) is 1.00. The third-order valence-corrected chi connectivity index (χ3v) is 4.61. The molecule has 2 nitrogen and oxygen atoms in total. The Morgan fingerprint density at radius 1 is 1.12 bits per heavy atom. The zero-order chi connectivity index (χ0) is 11.9. The summed E-state index contributed by atoms with van der Waals surface area (Å²) in [6.45, 7) is 8.61. The summed E-state index contributed by atoms with van der Waals surface area (Å²) < 4.78 is 0. The Hall–Kier alpha value is -0.0800. The highest BCUT2D eigenvalue weighted by Gasteiger charge is 2.22. The molecule has 1 N–H and O–H groups in total. The second-order valence-corrected chi connectivity index (χ2v) is 6.06. The third-order valence-electron chi connectivity index (χ3n) is 4.61. The quantitative estimate of drug-likeness (QED) is 0.733. The lowest BCUT2D eigenvalue weighted by Gasteiger charge is -2.17. The Kier molecular flexibility index (Phi) is 5.79. The van der Waals surface area contributed by atoms with E-state index in [1.165, 1.54) is 71.1 Å². The predicted molar refractivity (Wildman–Crippen MR) is 74.3 cm³/mol. The van der Waals surface area contributed by atoms with E-state index in [9.17, 15) is 0 Å². The Balaban J connectivity index is 1.51. The van der Waals surface area contributed by atoms with Crippen molar-refractivity contribution >= 4 is 0 Å². The van der Waals surface area contributed by atoms with Crippen LogP contribution in [0.2, 0.25) is 0 Å². The summed E-state index contributed by atoms with van der Waals surface area (Å²) in [4.78, 5) is 2.69. The normalized spacial score (nSPS) is 27.0. The fourth-order valence-corrected chi connectivity index (χ4v) is 3.53. The van der Waals surface area contributed by atoms with Crippen LogP contribution in [0.15, 0.2) is 0 Å². The van der Waals surface area contributed by atoms with Crippen molar-refractivity contribution in [2.24, 2.45) is 11.8 Å². The van der Waals surface area contributed by atoms with Gasteiger partial charge < -0.3 is 10.2 Å². The van der Waals surface area contributed by atoms with Gasteiger partial charge in [0, 0.05) is 6.54 Å². The van der Waals surface area contributed by atoms with Crippen molar-refractivity contribution in [3.63, 3.8) is 0 Å². The molecule has 0 aromatic carbocycles. The zero-order valence-electron chi connectivity index (χ0n) is 11.6. The lowest BCUT2D eigenvalue weighted by atomic mass is 10.0. The molecule has 1 aliphatic heterocycles. The van der Waals surface area contributed by atoms with Crippen LogP contribution in [0.4, 0.5) is 0 Å². The molecular weight excluding hydrogens is 208 g/mol. The highest BCUT2D eigenvalue weighted by atomic mass is 15.1. The molecule has 1 atom stereocenters. The maximum absolute atomic E-state index is 3.48. The lowest BCUT2D eigenvalue weighted by Crippen LogP contribution is -2.27. The predicted octanol–water partition coefficient (Wildman–Crippen LogP) is 2.89. The number of rotatable bonds is 7. The maximum atomic E-state index is 3.48. The largest absolute Gasteiger partial charge is 0.317 e. The maximum Gasteiger partial charge on any atom is 0.00223 e. The molecule has 2 rings (SSSR count). The second kappa shape index (κ2) is 7.38. The average Bonchev–Trinajstić information content (AvgIpc) is 2.98. The molecule has 2 aliphatic rings. The average molecular weight is 238 g/mol. The van der Waals surface area contributed by atoms with Crippen molar-refractivity contribution in [2.45, 2.75) is 51.9 Å². The van der Waals surface area contributed by atoms with Crippen LogP contribution in [-0.2, 0) is 0 Å². The first kappa shape index (κ1) is 13.4. The molecule has 1 heterocycles. The summed E-state index contributed by atoms with van der Waals surface area (Å²) in [6, 6.07) is 0. The molecule has 2 fully saturated rings. The molecule has 0 spiro atoms. The van der Waals surface area contributed by atoms with Crippen molar-refractivity contribution < 1.29 is 0 Å². The third kappa shape index (κ3) is 4.59. The highest BCUT2D eigenvalue weighted by Crippen LogP contribution is 2.28. The molecule has 0 bridgehead atoms. The van der Waals surface area contributed by atoms with E-state index >= 15 is 0 Å². The molecule has 1 aliphatic carbocycles. The van der Waals surface area contributed by atoms with E-state index in [1.54, 1.807) is 0 Å². The highest BCUT2D eigenvalue weighted by molar-refractivity contribution is 4.77. The summed E-state index contributed by atoms with van der Waals surface area (Å²) in [5.74, 6) is 2.00. The van der Waals surface area contributed by atoms with Gasteiger partial charge in [-0.15, -0.1) is 0 Å². The van der Waals surface area contributed by atoms with E-state index in [-0.39, 0.29) is 0 Å². The van der Waals surface area contributed by atoms with Crippen molar-refractivity contribution in [2.75, 3.05) is 32.7 Å². The van der Waals surface area contributed by atoms with Gasteiger partial charge >= 0.3 is 0 Å². The summed E-state index contributed by atoms with van der Waals surface area (Å²) in [6.07, 6.45) is 10.4. The van der Waals surface area contributed by atoms with E-state index in [2.05, 4.69) is 17.1 Å². The van der Waals surface area contributed by atoms with E-state index < -0.39 is 0 Å². The van der Waals surface area contributed by atoms with Gasteiger partial charge in [-0.05, 0) is 57.3 Å². The standard InChI is InChI=1S/C15H30N2/c1-2-16-12-15-9-11-17(13-15)10-5-8-14-6-3-4-7-14/h14-16H,2-13H2,1H3. The molecule has 17 heavy (non-hydrogen) atoms. The van der Waals surface area contributed by atoms with E-state index in [0.29, 0.717) is 0 Å². The van der Waals surface area contributed by atoms with Crippen LogP contribution in [0, 0.1) is 11.8 Å². The second-order valence-electron chi connectivity index (χ2n) is 6.06. The first-order valence-electron chi connectivity index (χ1n) is 7.81. The smallest absolute Gasteiger partial charge is 0.00223 e. The lowest BCUT2D eigenvalue weighted by molar-refractivity contribution is 0.302. The molecule has 0 aromatic rings. The van der Waals surface area contributed by atoms with Crippen LogP contribution in [0.25, 0.3) is 0 Å². The number of hydrogen-bond acceptors (Lipinski definition) is 2. The Morgan fingerprint density at radius 2 is 1.94 bits per heavy atom. The van der Waals surface area contributed by atoms with E-state index in [4.69, 9.17) is 0 Å². The first-order chi connectivity index (χ1) is 8.38. The van der Waals surface area contributed by atoms with Gasteiger partial charge in [0.05, 0.1) is 0 Å². The molecule has 0 radical (unpaired) electrons. The first-order valence-corrected chi connectivity index (χ1v) is 7.81. The minimum Gasteiger partial charge on any atom is -0.317 e. The van der Waals surface area contributed by atoms with Gasteiger partial charge in [-0.25, -0.2) is 0 Å². The van der Waals surface area contributed by atoms with Gasteiger partial charge in [-0.1, -0.05) is 32.6 Å². The number of nitrogens with zero attached hydrogens (tertiary/aromatic N) is 1. The van der Waals surface area contributed by atoms with Crippen LogP contribution in [0.3, 0.4) is 0 Å². The van der Waals surface area contributed by atoms with Gasteiger partial charge in [-0.3, -0.25) is 0 Å². The van der Waals surface area contributed by atoms with Crippen LogP contribution in [0.5, 0.6) is 0 Å². The number of likely N-dealkylation sites (tertiary alicyclic amines) is 1. The van der Waals surface area contributed by atoms with Crippen molar-refractivity contribution in [3.8, 4) is 0 Å². The van der Waals surface area contributed by atoms with Gasteiger partial charge in [-0.2, -0.15) is 0 Å². The van der Waals surface area contributed by atoms with Crippen molar-refractivity contribution in [3.05, 3.63) is 0 Å². The Morgan fingerprint density at radius 3 is 2.71 bits per heavy atom. The molecule has 1 saturated carbocycles. The molecule has 2 heteroatoms. The minimum atomic E-state index is 0.918. The Labute approximate surface area is 107 Å². The minimum absolute atomic E-state index is 0.918. The number of hydrogen-bond donors (Lipinski definition) is 1. The monoisotopic (exact) mass is 238 g/mol. The molecule has 1 unspecified atom stereocenters. The van der Waals surface area contributed by atoms with Gasteiger partial charge in [0.25, 0.3) is 0 Å². The van der Waals surface area contributed by atoms with Crippen LogP contribution in [-0.4, -0.2) is 37.6 Å². The van der Waals surface area contributed by atoms with Gasteiger partial charge in [0.15, 0.2) is 0 Å². The van der Waals surface area contributed by atoms with Crippen LogP contribution < -0.4 is 5.32 Å². The van der Waals surface area contributed by atoms with Crippen LogP contribution >= 0.6 is 0 Å². The topological polar surface area (TPSA) is 15.3 Å². The van der Waals surface area contributed by atoms with Gasteiger partial charge in [0.2, 0.25) is 0 Å². The molecular formula is C15H30N2. The Bertz CT molecular complexity index is 199. The molecule has 100 valence electrons. The SMILES string of the molecule is CCNCC1CCN(CCCC2CCCC2)C1. The van der Waals surface area contributed by atoms with E-state index in [1.807, 2.05) is 0 Å². The van der Waals surface area contributed by atoms with E-state index in [0.717, 1.165) is 18.4 Å². The zero-order valence-corrected chi connectivity index (χ0v) is 11.6. The molecule has 0 amide bonds. The summed E-state index contributed by atoms with van der Waals surface area (Å²) in [5, 5.41) is 3.48. The van der Waals surface area contributed by atoms with Crippen LogP contribution in [0.1, 0.15) is 51.9 Å². The molecule has 1 saturated heterocycles. The fourth-order valence-electron chi connectivity index (χ4n) is 3.53. The summed E-state index contributed by atoms with van der Waals surface area (Å²) >= 11 is 0. The van der Waals surface area contributed by atoms with Gasteiger partial charge in [0.1, 0.15) is 0 Å². The number of nitrogens with one attached hydrogen (secondary N) is 1. The van der Waals surface area contributed by atoms with Crippen molar-refractivity contribution in [1.29, 1.82) is 0 Å².